The van der Waals surface area contributed by atoms with Crippen molar-refractivity contribution in [1.29, 1.82) is 0 Å². The lowest BCUT2D eigenvalue weighted by atomic mass is 10.1. The number of methoxy groups -OCH3 is 1. The molecule has 1 amide bonds. The number of likely N-dealkylation sites (tertiary alicyclic amines) is 1. The van der Waals surface area contributed by atoms with Crippen LogP contribution in [0.15, 0.2) is 24.3 Å². The molecule has 2 atom stereocenters. The van der Waals surface area contributed by atoms with Crippen molar-refractivity contribution < 1.29 is 19.4 Å². The molecular weight excluding hydrogens is 272 g/mol. The average molecular weight is 292 g/mol. The third kappa shape index (κ3) is 3.72. The third-order valence-electron chi connectivity index (χ3n) is 3.85. The summed E-state index contributed by atoms with van der Waals surface area (Å²) in [5.74, 6) is -0.572. The highest BCUT2D eigenvalue weighted by Crippen LogP contribution is 2.20. The third-order valence-corrected chi connectivity index (χ3v) is 3.85. The van der Waals surface area contributed by atoms with Crippen LogP contribution >= 0.6 is 0 Å². The number of hydrogen-bond donors (Lipinski definition) is 2. The normalized spacial score (nSPS) is 20.0. The minimum absolute atomic E-state index is 0.133. The molecule has 1 heterocycles. The number of ether oxygens (including phenoxy) is 1. The van der Waals surface area contributed by atoms with Gasteiger partial charge in [0, 0.05) is 12.2 Å². The number of rotatable bonds is 5. The van der Waals surface area contributed by atoms with E-state index in [1.165, 1.54) is 0 Å². The van der Waals surface area contributed by atoms with Crippen molar-refractivity contribution in [3.8, 4) is 5.75 Å². The number of carboxylic acids is 1. The molecule has 1 saturated heterocycles. The Bertz CT molecular complexity index is 515. The van der Waals surface area contributed by atoms with Crippen LogP contribution in [0.2, 0.25) is 0 Å². The van der Waals surface area contributed by atoms with Crippen molar-refractivity contribution in [2.24, 2.45) is 5.92 Å². The van der Waals surface area contributed by atoms with Gasteiger partial charge in [0.15, 0.2) is 0 Å². The van der Waals surface area contributed by atoms with Gasteiger partial charge in [0.2, 0.25) is 5.91 Å². The lowest BCUT2D eigenvalue weighted by Crippen LogP contribution is -2.41. The molecule has 0 spiro atoms. The molecule has 0 aliphatic carbocycles. The fourth-order valence-electron chi connectivity index (χ4n) is 2.43. The second-order valence-electron chi connectivity index (χ2n) is 5.21. The van der Waals surface area contributed by atoms with Gasteiger partial charge in [-0.1, -0.05) is 0 Å². The molecular formula is C15H20N2O4. The van der Waals surface area contributed by atoms with E-state index in [-0.39, 0.29) is 17.9 Å². The standard InChI is InChI=1S/C15H20N2O4/c1-10(17-8-7-11(9-17)15(19)20)14(18)16-12-3-5-13(21-2)6-4-12/h3-6,10-11H,7-9H2,1-2H3,(H,16,18)(H,19,20). The molecule has 1 aliphatic rings. The van der Waals surface area contributed by atoms with Gasteiger partial charge in [-0.2, -0.15) is 0 Å². The second-order valence-corrected chi connectivity index (χ2v) is 5.21. The summed E-state index contributed by atoms with van der Waals surface area (Å²) in [4.78, 5) is 25.1. The van der Waals surface area contributed by atoms with Crippen LogP contribution in [-0.4, -0.2) is 48.1 Å². The van der Waals surface area contributed by atoms with E-state index in [1.807, 2.05) is 4.90 Å². The van der Waals surface area contributed by atoms with Gasteiger partial charge in [-0.3, -0.25) is 14.5 Å². The monoisotopic (exact) mass is 292 g/mol. The number of hydrogen-bond acceptors (Lipinski definition) is 4. The number of nitrogens with one attached hydrogen (secondary N) is 1. The predicted molar refractivity (Wildman–Crippen MR) is 78.4 cm³/mol. The highest BCUT2D eigenvalue weighted by Gasteiger charge is 2.33. The van der Waals surface area contributed by atoms with E-state index in [9.17, 15) is 9.59 Å². The van der Waals surface area contributed by atoms with Gasteiger partial charge in [-0.05, 0) is 44.2 Å². The molecule has 114 valence electrons. The van der Waals surface area contributed by atoms with Gasteiger partial charge in [0.25, 0.3) is 0 Å². The molecule has 21 heavy (non-hydrogen) atoms. The van der Waals surface area contributed by atoms with Crippen LogP contribution in [0, 0.1) is 5.92 Å². The highest BCUT2D eigenvalue weighted by atomic mass is 16.5. The van der Waals surface area contributed by atoms with Crippen LogP contribution in [0.1, 0.15) is 13.3 Å². The molecule has 2 unspecified atom stereocenters. The molecule has 6 nitrogen and oxygen atoms in total. The zero-order valence-corrected chi connectivity index (χ0v) is 12.2. The van der Waals surface area contributed by atoms with Gasteiger partial charge in [0.05, 0.1) is 19.1 Å². The van der Waals surface area contributed by atoms with Crippen LogP contribution in [0.3, 0.4) is 0 Å². The minimum Gasteiger partial charge on any atom is -0.497 e. The van der Waals surface area contributed by atoms with Gasteiger partial charge in [-0.15, -0.1) is 0 Å². The number of benzene rings is 1. The van der Waals surface area contributed by atoms with E-state index in [2.05, 4.69) is 5.32 Å². The largest absolute Gasteiger partial charge is 0.497 e. The van der Waals surface area contributed by atoms with E-state index < -0.39 is 5.97 Å². The van der Waals surface area contributed by atoms with E-state index in [0.29, 0.717) is 25.2 Å². The van der Waals surface area contributed by atoms with E-state index in [0.717, 1.165) is 5.75 Å². The summed E-state index contributed by atoms with van der Waals surface area (Å²) in [7, 11) is 1.59. The number of carboxylic acid groups (broad SMARTS) is 1. The molecule has 1 aliphatic heterocycles. The zero-order valence-electron chi connectivity index (χ0n) is 12.2. The van der Waals surface area contributed by atoms with Crippen molar-refractivity contribution in [1.82, 2.24) is 4.90 Å². The van der Waals surface area contributed by atoms with E-state index >= 15 is 0 Å². The Kier molecular flexibility index (Phi) is 4.80. The first-order valence-corrected chi connectivity index (χ1v) is 6.93. The fraction of sp³-hybridized carbons (Fsp3) is 0.467. The Hall–Kier alpha value is -2.08. The van der Waals surface area contributed by atoms with Crippen LogP contribution in [0.5, 0.6) is 5.75 Å². The fourth-order valence-corrected chi connectivity index (χ4v) is 2.43. The summed E-state index contributed by atoms with van der Waals surface area (Å²) >= 11 is 0. The topological polar surface area (TPSA) is 78.9 Å². The summed E-state index contributed by atoms with van der Waals surface area (Å²) in [6.45, 7) is 2.85. The number of amides is 1. The summed E-state index contributed by atoms with van der Waals surface area (Å²) in [5, 5.41) is 11.8. The first-order valence-electron chi connectivity index (χ1n) is 6.93. The molecule has 0 radical (unpaired) electrons. The lowest BCUT2D eigenvalue weighted by molar-refractivity contribution is -0.141. The van der Waals surface area contributed by atoms with Gasteiger partial charge < -0.3 is 15.2 Å². The molecule has 2 rings (SSSR count). The molecule has 6 heteroatoms. The Morgan fingerprint density at radius 1 is 1.38 bits per heavy atom. The van der Waals surface area contributed by atoms with Crippen LogP contribution in [0.25, 0.3) is 0 Å². The lowest BCUT2D eigenvalue weighted by Gasteiger charge is -2.23. The van der Waals surface area contributed by atoms with Gasteiger partial charge in [0.1, 0.15) is 5.75 Å². The summed E-state index contributed by atoms with van der Waals surface area (Å²) < 4.78 is 5.06. The van der Waals surface area contributed by atoms with E-state index in [4.69, 9.17) is 9.84 Å². The molecule has 1 fully saturated rings. The molecule has 0 bridgehead atoms. The van der Waals surface area contributed by atoms with E-state index in [1.54, 1.807) is 38.3 Å². The number of carbonyl (C=O) groups excluding carboxylic acids is 1. The summed E-state index contributed by atoms with van der Waals surface area (Å²) in [6, 6.07) is 6.74. The number of aliphatic carboxylic acids is 1. The van der Waals surface area contributed by atoms with Crippen molar-refractivity contribution in [2.75, 3.05) is 25.5 Å². The molecule has 0 aromatic heterocycles. The van der Waals surface area contributed by atoms with Gasteiger partial charge in [-0.25, -0.2) is 0 Å². The van der Waals surface area contributed by atoms with Crippen LogP contribution in [-0.2, 0) is 9.59 Å². The zero-order chi connectivity index (χ0) is 15.4. The Labute approximate surface area is 123 Å². The minimum atomic E-state index is -0.791. The Morgan fingerprint density at radius 3 is 2.57 bits per heavy atom. The summed E-state index contributed by atoms with van der Waals surface area (Å²) in [5.41, 5.74) is 0.696. The average Bonchev–Trinajstić information content (AvgIpc) is 2.97. The van der Waals surface area contributed by atoms with Gasteiger partial charge >= 0.3 is 5.97 Å². The number of nitrogens with zero attached hydrogens (tertiary/aromatic N) is 1. The first-order chi connectivity index (χ1) is 10.0. The van der Waals surface area contributed by atoms with Crippen molar-refractivity contribution >= 4 is 17.6 Å². The maximum Gasteiger partial charge on any atom is 0.307 e. The first kappa shape index (κ1) is 15.3. The van der Waals surface area contributed by atoms with Crippen molar-refractivity contribution in [3.63, 3.8) is 0 Å². The Balaban J connectivity index is 1.92. The molecule has 0 saturated carbocycles. The van der Waals surface area contributed by atoms with Crippen LogP contribution < -0.4 is 10.1 Å². The van der Waals surface area contributed by atoms with Crippen molar-refractivity contribution in [2.45, 2.75) is 19.4 Å². The maximum absolute atomic E-state index is 12.2. The quantitative estimate of drug-likeness (QED) is 0.858. The maximum atomic E-state index is 12.2. The molecule has 1 aromatic carbocycles. The smallest absolute Gasteiger partial charge is 0.307 e. The number of carbonyl (C=O) groups is 2. The predicted octanol–water partition coefficient (Wildman–Crippen LogP) is 1.43. The Morgan fingerprint density at radius 2 is 2.05 bits per heavy atom. The van der Waals surface area contributed by atoms with Crippen molar-refractivity contribution in [3.05, 3.63) is 24.3 Å². The SMILES string of the molecule is COc1ccc(NC(=O)C(C)N2CCC(C(=O)O)C2)cc1. The second kappa shape index (κ2) is 6.58. The van der Waals surface area contributed by atoms with Crippen LogP contribution in [0.4, 0.5) is 5.69 Å². The summed E-state index contributed by atoms with van der Waals surface area (Å²) in [6.07, 6.45) is 0.593. The molecule has 1 aromatic rings. The number of anilines is 1. The molecule has 2 N–H and O–H groups in total. The highest BCUT2D eigenvalue weighted by molar-refractivity contribution is 5.94.